The summed E-state index contributed by atoms with van der Waals surface area (Å²) in [7, 11) is 0. The second-order valence-electron chi connectivity index (χ2n) is 3.70. The van der Waals surface area contributed by atoms with Crippen molar-refractivity contribution in [1.82, 2.24) is 10.6 Å². The minimum atomic E-state index is 0.170. The van der Waals surface area contributed by atoms with Crippen molar-refractivity contribution >= 4 is 5.91 Å². The van der Waals surface area contributed by atoms with Gasteiger partial charge in [-0.3, -0.25) is 4.79 Å². The van der Waals surface area contributed by atoms with Crippen LogP contribution in [0.25, 0.3) is 0 Å². The van der Waals surface area contributed by atoms with Gasteiger partial charge in [0, 0.05) is 25.6 Å². The number of nitrogens with one attached hydrogen (secondary N) is 2. The molecule has 4 heteroatoms. The van der Waals surface area contributed by atoms with Gasteiger partial charge >= 0.3 is 0 Å². The number of carbonyl (C=O) groups excluding carboxylic acids is 1. The Balaban J connectivity index is 1.84. The van der Waals surface area contributed by atoms with E-state index in [4.69, 9.17) is 4.74 Å². The molecule has 1 amide bonds. The minimum absolute atomic E-state index is 0.170. The monoisotopic (exact) mass is 212 g/mol. The zero-order valence-electron chi connectivity index (χ0n) is 9.13. The summed E-state index contributed by atoms with van der Waals surface area (Å²) in [5.74, 6) is 0.170. The number of ether oxygens (including phenoxy) is 1. The summed E-state index contributed by atoms with van der Waals surface area (Å²) in [4.78, 5) is 10.9. The fourth-order valence-corrected chi connectivity index (χ4v) is 1.52. The van der Waals surface area contributed by atoms with Crippen LogP contribution in [-0.2, 0) is 9.53 Å². The van der Waals surface area contributed by atoms with Crippen LogP contribution in [0.1, 0.15) is 19.3 Å². The van der Waals surface area contributed by atoms with Crippen molar-refractivity contribution in [1.29, 1.82) is 0 Å². The van der Waals surface area contributed by atoms with E-state index in [0.29, 0.717) is 19.1 Å². The highest BCUT2D eigenvalue weighted by atomic mass is 16.5. The van der Waals surface area contributed by atoms with Gasteiger partial charge in [0.1, 0.15) is 0 Å². The van der Waals surface area contributed by atoms with Crippen molar-refractivity contribution in [2.45, 2.75) is 25.3 Å². The minimum Gasteiger partial charge on any atom is -0.380 e. The lowest BCUT2D eigenvalue weighted by molar-refractivity contribution is -0.119. The van der Waals surface area contributed by atoms with Crippen LogP contribution in [0.15, 0.2) is 12.7 Å². The number of rotatable bonds is 8. The zero-order valence-corrected chi connectivity index (χ0v) is 9.13. The average molecular weight is 212 g/mol. The lowest BCUT2D eigenvalue weighted by Crippen LogP contribution is -2.36. The van der Waals surface area contributed by atoms with Gasteiger partial charge in [0.15, 0.2) is 0 Å². The van der Waals surface area contributed by atoms with Crippen LogP contribution in [0, 0.1) is 0 Å². The van der Waals surface area contributed by atoms with E-state index in [-0.39, 0.29) is 5.91 Å². The third kappa shape index (κ3) is 5.54. The Hall–Kier alpha value is -0.870. The van der Waals surface area contributed by atoms with Gasteiger partial charge in [0.2, 0.25) is 5.91 Å². The molecule has 1 saturated heterocycles. The van der Waals surface area contributed by atoms with Crippen molar-refractivity contribution in [3.8, 4) is 0 Å². The highest BCUT2D eigenvalue weighted by Crippen LogP contribution is 2.04. The molecule has 2 N–H and O–H groups in total. The standard InChI is InChI=1S/C11H20N2O2/c1-2-3-7-15-8-6-12-9-10-4-5-11(14)13-10/h2,10,12H,1,3-9H2,(H,13,14). The van der Waals surface area contributed by atoms with Crippen LogP contribution in [0.5, 0.6) is 0 Å². The molecule has 1 aliphatic heterocycles. The molecule has 0 aromatic carbocycles. The molecular formula is C11H20N2O2. The van der Waals surface area contributed by atoms with E-state index >= 15 is 0 Å². The SMILES string of the molecule is C=CCCOCCNCC1CCC(=O)N1. The number of hydrogen-bond donors (Lipinski definition) is 2. The number of hydrogen-bond acceptors (Lipinski definition) is 3. The Kier molecular flexibility index (Phi) is 6.04. The fourth-order valence-electron chi connectivity index (χ4n) is 1.52. The first-order valence-corrected chi connectivity index (χ1v) is 5.51. The summed E-state index contributed by atoms with van der Waals surface area (Å²) in [6, 6.07) is 0.311. The van der Waals surface area contributed by atoms with Crippen LogP contribution in [0.2, 0.25) is 0 Å². The molecule has 1 fully saturated rings. The van der Waals surface area contributed by atoms with Gasteiger partial charge in [-0.05, 0) is 12.8 Å². The molecule has 4 nitrogen and oxygen atoms in total. The Bertz CT molecular complexity index is 207. The van der Waals surface area contributed by atoms with E-state index in [1.165, 1.54) is 0 Å². The maximum Gasteiger partial charge on any atom is 0.220 e. The van der Waals surface area contributed by atoms with Crippen LogP contribution >= 0.6 is 0 Å². The molecule has 86 valence electrons. The molecule has 0 aromatic heterocycles. The first kappa shape index (κ1) is 12.2. The second-order valence-corrected chi connectivity index (χ2v) is 3.70. The molecule has 1 heterocycles. The maximum atomic E-state index is 10.9. The van der Waals surface area contributed by atoms with E-state index in [0.717, 1.165) is 32.5 Å². The second kappa shape index (κ2) is 7.43. The first-order valence-electron chi connectivity index (χ1n) is 5.51. The van der Waals surface area contributed by atoms with Gasteiger partial charge in [-0.1, -0.05) is 6.08 Å². The van der Waals surface area contributed by atoms with E-state index in [2.05, 4.69) is 17.2 Å². The molecule has 1 unspecified atom stereocenters. The summed E-state index contributed by atoms with van der Waals surface area (Å²) in [5.41, 5.74) is 0. The lowest BCUT2D eigenvalue weighted by Gasteiger charge is -2.11. The van der Waals surface area contributed by atoms with E-state index in [9.17, 15) is 4.79 Å². The quantitative estimate of drug-likeness (QED) is 0.453. The Labute approximate surface area is 91.1 Å². The summed E-state index contributed by atoms with van der Waals surface area (Å²) in [6.07, 6.45) is 4.37. The van der Waals surface area contributed by atoms with E-state index in [1.807, 2.05) is 6.08 Å². The molecule has 1 atom stereocenters. The van der Waals surface area contributed by atoms with Crippen LogP contribution in [0.3, 0.4) is 0 Å². The van der Waals surface area contributed by atoms with Crippen LogP contribution in [0.4, 0.5) is 0 Å². The first-order chi connectivity index (χ1) is 7.33. The fraction of sp³-hybridized carbons (Fsp3) is 0.727. The molecule has 0 saturated carbocycles. The van der Waals surface area contributed by atoms with Crippen LogP contribution in [-0.4, -0.2) is 38.3 Å². The molecule has 0 radical (unpaired) electrons. The normalized spacial score (nSPS) is 20.3. The molecular weight excluding hydrogens is 192 g/mol. The third-order valence-electron chi connectivity index (χ3n) is 2.37. The van der Waals surface area contributed by atoms with E-state index < -0.39 is 0 Å². The van der Waals surface area contributed by atoms with Crippen molar-refractivity contribution < 1.29 is 9.53 Å². The van der Waals surface area contributed by atoms with Gasteiger partial charge < -0.3 is 15.4 Å². The summed E-state index contributed by atoms with van der Waals surface area (Å²) >= 11 is 0. The van der Waals surface area contributed by atoms with Crippen molar-refractivity contribution in [3.63, 3.8) is 0 Å². The molecule has 1 aliphatic rings. The zero-order chi connectivity index (χ0) is 10.9. The number of amides is 1. The predicted molar refractivity (Wildman–Crippen MR) is 59.7 cm³/mol. The van der Waals surface area contributed by atoms with Crippen molar-refractivity contribution in [2.75, 3.05) is 26.3 Å². The lowest BCUT2D eigenvalue weighted by atomic mass is 10.2. The topological polar surface area (TPSA) is 50.4 Å². The Morgan fingerprint density at radius 2 is 2.47 bits per heavy atom. The van der Waals surface area contributed by atoms with Gasteiger partial charge in [0.25, 0.3) is 0 Å². The smallest absolute Gasteiger partial charge is 0.220 e. The van der Waals surface area contributed by atoms with Gasteiger partial charge in [-0.25, -0.2) is 0 Å². The molecule has 15 heavy (non-hydrogen) atoms. The van der Waals surface area contributed by atoms with Crippen LogP contribution < -0.4 is 10.6 Å². The molecule has 0 bridgehead atoms. The van der Waals surface area contributed by atoms with Gasteiger partial charge in [-0.2, -0.15) is 0 Å². The van der Waals surface area contributed by atoms with E-state index in [1.54, 1.807) is 0 Å². The summed E-state index contributed by atoms with van der Waals surface area (Å²) < 4.78 is 5.34. The molecule has 0 spiro atoms. The molecule has 1 rings (SSSR count). The largest absolute Gasteiger partial charge is 0.380 e. The molecule has 0 aliphatic carbocycles. The Morgan fingerprint density at radius 3 is 3.13 bits per heavy atom. The van der Waals surface area contributed by atoms with Gasteiger partial charge in [0.05, 0.1) is 13.2 Å². The predicted octanol–water partition coefficient (Wildman–Crippen LogP) is 0.447. The maximum absolute atomic E-state index is 10.9. The highest BCUT2D eigenvalue weighted by molar-refractivity contribution is 5.78. The van der Waals surface area contributed by atoms with Gasteiger partial charge in [-0.15, -0.1) is 6.58 Å². The number of carbonyl (C=O) groups is 1. The third-order valence-corrected chi connectivity index (χ3v) is 2.37. The highest BCUT2D eigenvalue weighted by Gasteiger charge is 2.19. The van der Waals surface area contributed by atoms with Crippen molar-refractivity contribution in [2.24, 2.45) is 0 Å². The summed E-state index contributed by atoms with van der Waals surface area (Å²) in [5, 5.41) is 6.17. The van der Waals surface area contributed by atoms with Crippen molar-refractivity contribution in [3.05, 3.63) is 12.7 Å². The average Bonchev–Trinajstić information content (AvgIpc) is 2.63. The molecule has 0 aromatic rings. The Morgan fingerprint density at radius 1 is 1.60 bits per heavy atom. The summed E-state index contributed by atoms with van der Waals surface area (Å²) in [6.45, 7) is 6.76.